The number of benzene rings is 1. The van der Waals surface area contributed by atoms with E-state index in [1.807, 2.05) is 0 Å². The highest BCUT2D eigenvalue weighted by molar-refractivity contribution is 6.06. The van der Waals surface area contributed by atoms with Crippen LogP contribution in [-0.2, 0) is 0 Å². The number of rotatable bonds is 4. The zero-order valence-corrected chi connectivity index (χ0v) is 15.4. The van der Waals surface area contributed by atoms with Crippen LogP contribution in [0.2, 0.25) is 0 Å². The second-order valence-electron chi connectivity index (χ2n) is 6.08. The molecule has 2 heterocycles. The first-order chi connectivity index (χ1) is 12.3. The number of nitrogens with zero attached hydrogens (tertiary/aromatic N) is 1. The molecule has 0 aliphatic rings. The number of nitrogens with one attached hydrogen (secondary N) is 2. The summed E-state index contributed by atoms with van der Waals surface area (Å²) >= 11 is 0. The number of aromatic amines is 1. The van der Waals surface area contributed by atoms with Gasteiger partial charge in [0, 0.05) is 17.0 Å². The van der Waals surface area contributed by atoms with Gasteiger partial charge in [0.1, 0.15) is 17.3 Å². The number of fused-ring (bicyclic) bond motifs is 1. The molecule has 7 nitrogen and oxygen atoms in total. The van der Waals surface area contributed by atoms with Gasteiger partial charge in [0.25, 0.3) is 5.91 Å². The molecule has 1 aromatic carbocycles. The molecule has 0 aliphatic carbocycles. The minimum Gasteiger partial charge on any atom is -0.506 e. The quantitative estimate of drug-likeness (QED) is 0.666. The van der Waals surface area contributed by atoms with E-state index < -0.39 is 0 Å². The number of carbonyl (C=O) groups excluding carboxylic acids is 1. The lowest BCUT2D eigenvalue weighted by molar-refractivity contribution is 0.102. The van der Waals surface area contributed by atoms with Crippen molar-refractivity contribution in [2.45, 2.75) is 20.8 Å². The largest absolute Gasteiger partial charge is 0.506 e. The molecule has 3 rings (SSSR count). The van der Waals surface area contributed by atoms with Crippen LogP contribution in [0.25, 0.3) is 10.9 Å². The number of aromatic nitrogens is 2. The fraction of sp³-hybridized carbons (Fsp3) is 0.263. The van der Waals surface area contributed by atoms with Crippen LogP contribution in [0.4, 0.5) is 5.82 Å². The molecule has 7 heteroatoms. The molecule has 0 spiro atoms. The number of carbonyl (C=O) groups is 1. The maximum atomic E-state index is 12.6. The summed E-state index contributed by atoms with van der Waals surface area (Å²) in [5.41, 5.74) is 3.03. The summed E-state index contributed by atoms with van der Waals surface area (Å²) < 4.78 is 10.6. The van der Waals surface area contributed by atoms with Gasteiger partial charge in [-0.3, -0.25) is 4.79 Å². The topological polar surface area (TPSA) is 96.5 Å². The molecule has 0 radical (unpaired) electrons. The number of amides is 1. The number of aryl methyl sites for hydroxylation is 1. The van der Waals surface area contributed by atoms with Crippen LogP contribution in [0.5, 0.6) is 17.2 Å². The summed E-state index contributed by atoms with van der Waals surface area (Å²) in [6.07, 6.45) is 0. The second kappa shape index (κ2) is 6.59. The molecule has 26 heavy (non-hydrogen) atoms. The number of methoxy groups -OCH3 is 2. The van der Waals surface area contributed by atoms with Gasteiger partial charge >= 0.3 is 0 Å². The Kier molecular flexibility index (Phi) is 4.46. The Labute approximate surface area is 151 Å². The molecule has 136 valence electrons. The first-order valence-corrected chi connectivity index (χ1v) is 8.08. The van der Waals surface area contributed by atoms with Crippen molar-refractivity contribution in [2.24, 2.45) is 0 Å². The third-order valence-electron chi connectivity index (χ3n) is 4.50. The molecule has 0 bridgehead atoms. The standard InChI is InChI=1S/C19H21N3O4/c1-9-10(2)18(20-11(3)17(9)23)22-19(24)14-6-12-7-15(25-4)16(26-5)8-13(12)21-14/h6-8,21,23H,1-5H3,(H,20,22,24). The van der Waals surface area contributed by atoms with E-state index in [-0.39, 0.29) is 11.7 Å². The van der Waals surface area contributed by atoms with Crippen molar-refractivity contribution in [2.75, 3.05) is 19.5 Å². The number of ether oxygens (including phenoxy) is 2. The van der Waals surface area contributed by atoms with Crippen LogP contribution in [-0.4, -0.2) is 35.2 Å². The fourth-order valence-corrected chi connectivity index (χ4v) is 2.81. The Morgan fingerprint density at radius 2 is 1.73 bits per heavy atom. The lowest BCUT2D eigenvalue weighted by Crippen LogP contribution is -2.15. The number of pyridine rings is 1. The highest BCUT2D eigenvalue weighted by Crippen LogP contribution is 2.32. The van der Waals surface area contributed by atoms with Gasteiger partial charge < -0.3 is 24.9 Å². The van der Waals surface area contributed by atoms with Crippen molar-refractivity contribution in [3.8, 4) is 17.2 Å². The fourth-order valence-electron chi connectivity index (χ4n) is 2.81. The molecule has 1 amide bonds. The summed E-state index contributed by atoms with van der Waals surface area (Å²) in [6, 6.07) is 5.32. The van der Waals surface area contributed by atoms with Gasteiger partial charge in [-0.2, -0.15) is 0 Å². The van der Waals surface area contributed by atoms with Crippen LogP contribution in [0.1, 0.15) is 27.3 Å². The molecule has 0 saturated heterocycles. The van der Waals surface area contributed by atoms with Gasteiger partial charge in [-0.1, -0.05) is 0 Å². The molecule has 0 fully saturated rings. The van der Waals surface area contributed by atoms with E-state index in [4.69, 9.17) is 9.47 Å². The molecular formula is C19H21N3O4. The average molecular weight is 355 g/mol. The maximum absolute atomic E-state index is 12.6. The van der Waals surface area contributed by atoms with Gasteiger partial charge in [0.2, 0.25) is 0 Å². The summed E-state index contributed by atoms with van der Waals surface area (Å²) in [6.45, 7) is 5.29. The molecule has 0 atom stereocenters. The molecule has 0 unspecified atom stereocenters. The molecule has 3 aromatic rings. The first-order valence-electron chi connectivity index (χ1n) is 8.08. The Bertz CT molecular complexity index is 967. The van der Waals surface area contributed by atoms with Crippen molar-refractivity contribution in [3.63, 3.8) is 0 Å². The first kappa shape index (κ1) is 17.6. The zero-order chi connectivity index (χ0) is 19.0. The maximum Gasteiger partial charge on any atom is 0.273 e. The SMILES string of the molecule is COc1cc2cc(C(=O)Nc3nc(C)c(O)c(C)c3C)[nH]c2cc1OC. The Balaban J connectivity index is 1.96. The van der Waals surface area contributed by atoms with Gasteiger partial charge in [-0.05, 0) is 44.0 Å². The van der Waals surface area contributed by atoms with E-state index in [1.165, 1.54) is 0 Å². The van der Waals surface area contributed by atoms with Crippen molar-refractivity contribution >= 4 is 22.6 Å². The van der Waals surface area contributed by atoms with E-state index in [1.54, 1.807) is 53.2 Å². The van der Waals surface area contributed by atoms with Crippen LogP contribution >= 0.6 is 0 Å². The van der Waals surface area contributed by atoms with Gasteiger partial charge in [0.05, 0.1) is 19.9 Å². The van der Waals surface area contributed by atoms with E-state index in [0.29, 0.717) is 34.3 Å². The lowest BCUT2D eigenvalue weighted by Gasteiger charge is -2.12. The van der Waals surface area contributed by atoms with Crippen molar-refractivity contribution in [1.29, 1.82) is 0 Å². The van der Waals surface area contributed by atoms with Crippen molar-refractivity contribution < 1.29 is 19.4 Å². The monoisotopic (exact) mass is 355 g/mol. The second-order valence-corrected chi connectivity index (χ2v) is 6.08. The van der Waals surface area contributed by atoms with Crippen LogP contribution in [0.3, 0.4) is 0 Å². The molecule has 2 aromatic heterocycles. The number of hydrogen-bond donors (Lipinski definition) is 3. The average Bonchev–Trinajstić information content (AvgIpc) is 3.06. The molecular weight excluding hydrogens is 334 g/mol. The summed E-state index contributed by atoms with van der Waals surface area (Å²) in [5, 5.41) is 13.6. The molecule has 0 aliphatic heterocycles. The predicted octanol–water partition coefficient (Wildman–Crippen LogP) is 3.46. The van der Waals surface area contributed by atoms with E-state index in [0.717, 1.165) is 16.5 Å². The summed E-state index contributed by atoms with van der Waals surface area (Å²) in [4.78, 5) is 20.0. The minimum absolute atomic E-state index is 0.144. The third kappa shape index (κ3) is 2.92. The molecule has 3 N–H and O–H groups in total. The predicted molar refractivity (Wildman–Crippen MR) is 99.5 cm³/mol. The van der Waals surface area contributed by atoms with Gasteiger partial charge in [-0.15, -0.1) is 0 Å². The smallest absolute Gasteiger partial charge is 0.273 e. The van der Waals surface area contributed by atoms with Crippen molar-refractivity contribution in [1.82, 2.24) is 9.97 Å². The van der Waals surface area contributed by atoms with E-state index >= 15 is 0 Å². The Morgan fingerprint density at radius 3 is 2.38 bits per heavy atom. The van der Waals surface area contributed by atoms with Crippen LogP contribution < -0.4 is 14.8 Å². The molecule has 0 saturated carbocycles. The Hall–Kier alpha value is -3.22. The number of anilines is 1. The lowest BCUT2D eigenvalue weighted by atomic mass is 10.1. The van der Waals surface area contributed by atoms with Gasteiger partial charge in [0.15, 0.2) is 11.5 Å². The van der Waals surface area contributed by atoms with Gasteiger partial charge in [-0.25, -0.2) is 4.98 Å². The van der Waals surface area contributed by atoms with E-state index in [2.05, 4.69) is 15.3 Å². The highest BCUT2D eigenvalue weighted by Gasteiger charge is 2.17. The Morgan fingerprint density at radius 1 is 1.08 bits per heavy atom. The normalized spacial score (nSPS) is 10.8. The summed E-state index contributed by atoms with van der Waals surface area (Å²) in [5.74, 6) is 1.42. The number of hydrogen-bond acceptors (Lipinski definition) is 5. The van der Waals surface area contributed by atoms with E-state index in [9.17, 15) is 9.90 Å². The summed E-state index contributed by atoms with van der Waals surface area (Å²) in [7, 11) is 3.12. The number of H-pyrrole nitrogens is 1. The van der Waals surface area contributed by atoms with Crippen molar-refractivity contribution in [3.05, 3.63) is 40.7 Å². The highest BCUT2D eigenvalue weighted by atomic mass is 16.5. The van der Waals surface area contributed by atoms with Crippen LogP contribution in [0.15, 0.2) is 18.2 Å². The zero-order valence-electron chi connectivity index (χ0n) is 15.4. The van der Waals surface area contributed by atoms with Crippen LogP contribution in [0, 0.1) is 20.8 Å². The minimum atomic E-state index is -0.320. The third-order valence-corrected chi connectivity index (χ3v) is 4.50. The number of aromatic hydroxyl groups is 1.